The summed E-state index contributed by atoms with van der Waals surface area (Å²) in [6.07, 6.45) is 1.44. The first kappa shape index (κ1) is 9.06. The van der Waals surface area contributed by atoms with Gasteiger partial charge in [-0.25, -0.2) is 4.79 Å². The number of halogens is 1. The maximum Gasteiger partial charge on any atom is 0.325 e. The lowest BCUT2D eigenvalue weighted by Crippen LogP contribution is -2.24. The highest BCUT2D eigenvalue weighted by atomic mass is 35.5. The Hall–Kier alpha value is -1.03. The van der Waals surface area contributed by atoms with Gasteiger partial charge in [-0.2, -0.15) is 0 Å². The van der Waals surface area contributed by atoms with Gasteiger partial charge in [0.2, 0.25) is 0 Å². The molecule has 0 bridgehead atoms. The molecule has 0 unspecified atom stereocenters. The van der Waals surface area contributed by atoms with E-state index in [1.165, 1.54) is 0 Å². The maximum atomic E-state index is 10.9. The van der Waals surface area contributed by atoms with Gasteiger partial charge in [-0.15, -0.1) is 0 Å². The van der Waals surface area contributed by atoms with Crippen molar-refractivity contribution >= 4 is 11.6 Å². The summed E-state index contributed by atoms with van der Waals surface area (Å²) in [5, 5.41) is 0.0800. The number of aromatic nitrogens is 2. The molecule has 0 aliphatic heterocycles. The van der Waals surface area contributed by atoms with Gasteiger partial charge in [0.1, 0.15) is 5.02 Å². The Morgan fingerprint density at radius 2 is 2.00 bits per heavy atom. The lowest BCUT2D eigenvalue weighted by Gasteiger charge is -1.98. The number of aromatic amines is 2. The summed E-state index contributed by atoms with van der Waals surface area (Å²) in [6, 6.07) is 0. The van der Waals surface area contributed by atoms with E-state index in [-0.39, 0.29) is 5.02 Å². The van der Waals surface area contributed by atoms with Crippen LogP contribution < -0.4 is 11.2 Å². The van der Waals surface area contributed by atoms with E-state index >= 15 is 0 Å². The minimum absolute atomic E-state index is 0.0800. The quantitative estimate of drug-likeness (QED) is 0.717. The van der Waals surface area contributed by atoms with E-state index in [1.54, 1.807) is 0 Å². The Morgan fingerprint density at radius 1 is 1.33 bits per heavy atom. The van der Waals surface area contributed by atoms with E-state index in [1.807, 2.05) is 11.9 Å². The molecule has 1 aromatic heterocycles. The van der Waals surface area contributed by atoms with Gasteiger partial charge in [0, 0.05) is 5.69 Å². The molecule has 0 amide bonds. The first-order valence-electron chi connectivity index (χ1n) is 3.66. The summed E-state index contributed by atoms with van der Waals surface area (Å²) in [5.41, 5.74) is -0.523. The molecule has 0 aliphatic carbocycles. The van der Waals surface area contributed by atoms with Crippen LogP contribution in [0, 0.1) is 0 Å². The Morgan fingerprint density at radius 3 is 2.58 bits per heavy atom. The number of hydrogen-bond donors (Lipinski definition) is 2. The van der Waals surface area contributed by atoms with Gasteiger partial charge in [-0.3, -0.25) is 9.78 Å². The predicted octanol–water partition coefficient (Wildman–Crippen LogP) is 0.669. The molecule has 0 radical (unpaired) electrons. The van der Waals surface area contributed by atoms with Gasteiger partial charge in [-0.1, -0.05) is 24.9 Å². The van der Waals surface area contributed by atoms with Crippen molar-refractivity contribution in [3.8, 4) is 0 Å². The van der Waals surface area contributed by atoms with E-state index in [0.29, 0.717) is 12.1 Å². The number of aryl methyl sites for hydroxylation is 1. The molecule has 4 nitrogen and oxygen atoms in total. The van der Waals surface area contributed by atoms with Crippen LogP contribution in [-0.2, 0) is 6.42 Å². The lowest BCUT2D eigenvalue weighted by molar-refractivity contribution is 0.850. The van der Waals surface area contributed by atoms with Crippen LogP contribution in [0.3, 0.4) is 0 Å². The number of H-pyrrole nitrogens is 2. The highest BCUT2D eigenvalue weighted by Gasteiger charge is 2.04. The van der Waals surface area contributed by atoms with Crippen molar-refractivity contribution in [1.29, 1.82) is 0 Å². The van der Waals surface area contributed by atoms with Crippen molar-refractivity contribution in [2.45, 2.75) is 19.8 Å². The van der Waals surface area contributed by atoms with E-state index in [0.717, 1.165) is 6.42 Å². The maximum absolute atomic E-state index is 10.9. The molecule has 66 valence electrons. The fraction of sp³-hybridized carbons (Fsp3) is 0.429. The van der Waals surface area contributed by atoms with Gasteiger partial charge < -0.3 is 4.98 Å². The van der Waals surface area contributed by atoms with Crippen LogP contribution in [0.4, 0.5) is 0 Å². The average molecular weight is 189 g/mol. The smallest absolute Gasteiger partial charge is 0.310 e. The third-order valence-corrected chi connectivity index (χ3v) is 1.86. The molecule has 0 saturated heterocycles. The van der Waals surface area contributed by atoms with Crippen LogP contribution in [0.25, 0.3) is 0 Å². The number of nitrogens with one attached hydrogen (secondary N) is 2. The zero-order valence-corrected chi connectivity index (χ0v) is 7.36. The second kappa shape index (κ2) is 3.58. The van der Waals surface area contributed by atoms with Gasteiger partial charge in [0.25, 0.3) is 5.56 Å². The number of rotatable bonds is 2. The Labute approximate surface area is 73.6 Å². The molecule has 0 saturated carbocycles. The van der Waals surface area contributed by atoms with E-state index in [2.05, 4.69) is 4.98 Å². The summed E-state index contributed by atoms with van der Waals surface area (Å²) >= 11 is 5.63. The van der Waals surface area contributed by atoms with Crippen LogP contribution in [0.2, 0.25) is 5.02 Å². The molecule has 2 N–H and O–H groups in total. The van der Waals surface area contributed by atoms with Crippen molar-refractivity contribution < 1.29 is 0 Å². The number of hydrogen-bond acceptors (Lipinski definition) is 2. The topological polar surface area (TPSA) is 65.7 Å². The van der Waals surface area contributed by atoms with Crippen LogP contribution in [0.15, 0.2) is 9.59 Å². The molecule has 5 heteroatoms. The zero-order chi connectivity index (χ0) is 9.14. The summed E-state index contributed by atoms with van der Waals surface area (Å²) in [4.78, 5) is 26.2. The van der Waals surface area contributed by atoms with Crippen LogP contribution in [-0.4, -0.2) is 9.97 Å². The molecule has 0 spiro atoms. The van der Waals surface area contributed by atoms with Crippen LogP contribution in [0.1, 0.15) is 19.0 Å². The minimum atomic E-state index is -0.524. The second-order valence-corrected chi connectivity index (χ2v) is 2.83. The van der Waals surface area contributed by atoms with Crippen molar-refractivity contribution in [1.82, 2.24) is 9.97 Å². The molecular formula is C7H9ClN2O2. The second-order valence-electron chi connectivity index (χ2n) is 2.45. The normalized spacial score (nSPS) is 10.2. The highest BCUT2D eigenvalue weighted by molar-refractivity contribution is 6.30. The molecule has 0 aliphatic rings. The predicted molar refractivity (Wildman–Crippen MR) is 46.7 cm³/mol. The molecule has 1 heterocycles. The zero-order valence-electron chi connectivity index (χ0n) is 6.61. The van der Waals surface area contributed by atoms with Gasteiger partial charge in [0.15, 0.2) is 0 Å². The summed E-state index contributed by atoms with van der Waals surface area (Å²) in [5.74, 6) is 0. The molecule has 1 rings (SSSR count). The third kappa shape index (κ3) is 1.76. The third-order valence-electron chi connectivity index (χ3n) is 1.46. The Balaban J connectivity index is 3.28. The van der Waals surface area contributed by atoms with Gasteiger partial charge in [-0.05, 0) is 6.42 Å². The highest BCUT2D eigenvalue weighted by Crippen LogP contribution is 2.06. The average Bonchev–Trinajstić information content (AvgIpc) is 2.00. The molecule has 1 aromatic rings. The van der Waals surface area contributed by atoms with Crippen molar-refractivity contribution in [2.24, 2.45) is 0 Å². The fourth-order valence-corrected chi connectivity index (χ4v) is 1.13. The van der Waals surface area contributed by atoms with Crippen molar-refractivity contribution in [2.75, 3.05) is 0 Å². The van der Waals surface area contributed by atoms with E-state index in [9.17, 15) is 9.59 Å². The standard InChI is InChI=1S/C7H9ClN2O2/c1-2-3-4-5(8)6(11)10-7(12)9-4/h2-3H2,1H3,(H2,9,10,11,12). The minimum Gasteiger partial charge on any atom is -0.310 e. The summed E-state index contributed by atoms with van der Waals surface area (Å²) in [6.45, 7) is 1.94. The lowest BCUT2D eigenvalue weighted by atomic mass is 10.2. The van der Waals surface area contributed by atoms with Crippen molar-refractivity contribution in [3.05, 3.63) is 31.6 Å². The largest absolute Gasteiger partial charge is 0.325 e. The Bertz CT molecular complexity index is 380. The monoisotopic (exact) mass is 188 g/mol. The molecule has 0 aromatic carbocycles. The van der Waals surface area contributed by atoms with E-state index < -0.39 is 11.2 Å². The first-order valence-corrected chi connectivity index (χ1v) is 4.04. The van der Waals surface area contributed by atoms with E-state index in [4.69, 9.17) is 11.6 Å². The summed E-state index contributed by atoms with van der Waals surface area (Å²) < 4.78 is 0. The molecular weight excluding hydrogens is 180 g/mol. The van der Waals surface area contributed by atoms with Gasteiger partial charge in [0.05, 0.1) is 0 Å². The SMILES string of the molecule is CCCc1[nH]c(=O)[nH]c(=O)c1Cl. The molecule has 12 heavy (non-hydrogen) atoms. The van der Waals surface area contributed by atoms with Crippen LogP contribution in [0.5, 0.6) is 0 Å². The van der Waals surface area contributed by atoms with Crippen LogP contribution >= 0.6 is 11.6 Å². The van der Waals surface area contributed by atoms with Gasteiger partial charge >= 0.3 is 5.69 Å². The molecule has 0 atom stereocenters. The molecule has 0 fully saturated rings. The summed E-state index contributed by atoms with van der Waals surface area (Å²) in [7, 11) is 0. The fourth-order valence-electron chi connectivity index (χ4n) is 0.940. The Kier molecular flexibility index (Phi) is 2.70. The van der Waals surface area contributed by atoms with Crippen molar-refractivity contribution in [3.63, 3.8) is 0 Å². The first-order chi connectivity index (χ1) is 5.65.